The second-order valence-electron chi connectivity index (χ2n) is 7.82. The second kappa shape index (κ2) is 7.24. The zero-order valence-electron chi connectivity index (χ0n) is 16.3. The molecule has 0 unspecified atom stereocenters. The van der Waals surface area contributed by atoms with Gasteiger partial charge < -0.3 is 9.80 Å². The monoisotopic (exact) mass is 393 g/mol. The van der Waals surface area contributed by atoms with Crippen LogP contribution >= 0.6 is 0 Å². The molecule has 0 aliphatic carbocycles. The third kappa shape index (κ3) is 3.60. The molecule has 0 aromatic heterocycles. The first-order valence-electron chi connectivity index (χ1n) is 9.27. The van der Waals surface area contributed by atoms with Crippen molar-refractivity contribution in [3.8, 4) is 0 Å². The van der Waals surface area contributed by atoms with Gasteiger partial charge in [0.2, 0.25) is 21.8 Å². The number of rotatable bonds is 4. The summed E-state index contributed by atoms with van der Waals surface area (Å²) in [6.45, 7) is 6.37. The number of carbonyl (C=O) groups excluding carboxylic acids is 2. The lowest BCUT2D eigenvalue weighted by atomic mass is 9.96. The molecule has 3 rings (SSSR count). The molecule has 0 bridgehead atoms. The number of likely N-dealkylation sites (N-methyl/N-ethyl adjacent to an activating group) is 1. The minimum absolute atomic E-state index is 0.000475. The molecule has 2 atom stereocenters. The Hall–Kier alpha value is -1.93. The fraction of sp³-hybridized carbons (Fsp3) is 0.579. The predicted molar refractivity (Wildman–Crippen MR) is 101 cm³/mol. The molecule has 2 aliphatic heterocycles. The van der Waals surface area contributed by atoms with E-state index < -0.39 is 22.1 Å². The molecule has 148 valence electrons. The number of carbonyl (C=O) groups is 2. The van der Waals surface area contributed by atoms with E-state index in [2.05, 4.69) is 0 Å². The molecule has 2 amide bonds. The largest absolute Gasteiger partial charge is 0.332 e. The van der Waals surface area contributed by atoms with Crippen LogP contribution < -0.4 is 0 Å². The maximum absolute atomic E-state index is 13.0. The number of amides is 2. The summed E-state index contributed by atoms with van der Waals surface area (Å²) < 4.78 is 27.2. The summed E-state index contributed by atoms with van der Waals surface area (Å²) in [5, 5.41) is 0. The number of hydrogen-bond donors (Lipinski definition) is 0. The lowest BCUT2D eigenvalue weighted by Gasteiger charge is -2.48. The maximum atomic E-state index is 13.0. The van der Waals surface area contributed by atoms with E-state index in [1.807, 2.05) is 20.8 Å². The summed E-state index contributed by atoms with van der Waals surface area (Å²) in [6.07, 6.45) is 0.607. The summed E-state index contributed by atoms with van der Waals surface area (Å²) in [4.78, 5) is 29.0. The molecule has 8 heteroatoms. The van der Waals surface area contributed by atoms with E-state index >= 15 is 0 Å². The molecule has 1 aromatic carbocycles. The number of sulfonamides is 1. The first kappa shape index (κ1) is 19.8. The number of aryl methyl sites for hydroxylation is 1. The van der Waals surface area contributed by atoms with Crippen LogP contribution in [-0.2, 0) is 19.6 Å². The zero-order valence-corrected chi connectivity index (χ0v) is 17.1. The van der Waals surface area contributed by atoms with Crippen LogP contribution in [-0.4, -0.2) is 73.1 Å². The lowest BCUT2D eigenvalue weighted by molar-refractivity contribution is -0.163. The van der Waals surface area contributed by atoms with E-state index in [0.29, 0.717) is 6.42 Å². The molecule has 2 fully saturated rings. The van der Waals surface area contributed by atoms with Crippen molar-refractivity contribution in [3.63, 3.8) is 0 Å². The molecular formula is C19H27N3O4S. The SMILES string of the molecule is Cc1ccc(S(=O)(=O)N2CCN3C(=O)[C@H](CC(C)C)N(C)C(=O)[C@H]3C2)cc1. The van der Waals surface area contributed by atoms with Crippen LogP contribution in [0, 0.1) is 12.8 Å². The fourth-order valence-electron chi connectivity index (χ4n) is 3.76. The highest BCUT2D eigenvalue weighted by atomic mass is 32.2. The highest BCUT2D eigenvalue weighted by Crippen LogP contribution is 2.27. The molecule has 0 saturated carbocycles. The number of benzene rings is 1. The van der Waals surface area contributed by atoms with Crippen LogP contribution in [0.1, 0.15) is 25.8 Å². The average molecular weight is 394 g/mol. The van der Waals surface area contributed by atoms with Gasteiger partial charge in [0, 0.05) is 26.7 Å². The van der Waals surface area contributed by atoms with Crippen molar-refractivity contribution in [1.82, 2.24) is 14.1 Å². The topological polar surface area (TPSA) is 78.0 Å². The Balaban J connectivity index is 1.83. The molecule has 7 nitrogen and oxygen atoms in total. The number of piperazine rings is 2. The first-order chi connectivity index (χ1) is 12.6. The Bertz CT molecular complexity index is 835. The second-order valence-corrected chi connectivity index (χ2v) is 9.76. The van der Waals surface area contributed by atoms with Gasteiger partial charge in [-0.1, -0.05) is 31.5 Å². The standard InChI is InChI=1S/C19H27N3O4S/c1-13(2)11-16-19(24)22-10-9-21(12-17(22)18(23)20(16)4)27(25,26)15-7-5-14(3)6-8-15/h5-8,13,16-17H,9-12H2,1-4H3/t16-,17+/m0/s1. The maximum Gasteiger partial charge on any atom is 0.247 e. The molecule has 27 heavy (non-hydrogen) atoms. The highest BCUT2D eigenvalue weighted by Gasteiger charge is 2.48. The first-order valence-corrected chi connectivity index (χ1v) is 10.7. The van der Waals surface area contributed by atoms with Gasteiger partial charge in [0.1, 0.15) is 12.1 Å². The van der Waals surface area contributed by atoms with Crippen molar-refractivity contribution >= 4 is 21.8 Å². The number of nitrogens with zero attached hydrogens (tertiary/aromatic N) is 3. The third-order valence-corrected chi connectivity index (χ3v) is 7.24. The minimum Gasteiger partial charge on any atom is -0.332 e. The Kier molecular flexibility index (Phi) is 5.31. The van der Waals surface area contributed by atoms with Gasteiger partial charge in [0.05, 0.1) is 4.90 Å². The van der Waals surface area contributed by atoms with Gasteiger partial charge in [-0.05, 0) is 31.4 Å². The minimum atomic E-state index is -3.70. The van der Waals surface area contributed by atoms with E-state index in [9.17, 15) is 18.0 Å². The molecule has 1 aromatic rings. The third-order valence-electron chi connectivity index (χ3n) is 5.36. The molecule has 2 heterocycles. The van der Waals surface area contributed by atoms with Gasteiger partial charge in [-0.25, -0.2) is 8.42 Å². The van der Waals surface area contributed by atoms with Crippen molar-refractivity contribution in [2.24, 2.45) is 5.92 Å². The molecule has 0 N–H and O–H groups in total. The van der Waals surface area contributed by atoms with E-state index in [0.717, 1.165) is 5.56 Å². The van der Waals surface area contributed by atoms with Gasteiger partial charge in [0.15, 0.2) is 0 Å². The van der Waals surface area contributed by atoms with Crippen LogP contribution in [0.25, 0.3) is 0 Å². The normalized spacial score (nSPS) is 24.5. The predicted octanol–water partition coefficient (Wildman–Crippen LogP) is 1.08. The molecule has 0 radical (unpaired) electrons. The van der Waals surface area contributed by atoms with Crippen molar-refractivity contribution in [3.05, 3.63) is 29.8 Å². The zero-order chi connectivity index (χ0) is 19.9. The Morgan fingerprint density at radius 2 is 1.70 bits per heavy atom. The summed E-state index contributed by atoms with van der Waals surface area (Å²) >= 11 is 0. The number of hydrogen-bond acceptors (Lipinski definition) is 4. The van der Waals surface area contributed by atoms with Crippen molar-refractivity contribution < 1.29 is 18.0 Å². The van der Waals surface area contributed by atoms with E-state index in [4.69, 9.17) is 0 Å². The summed E-state index contributed by atoms with van der Waals surface area (Å²) in [7, 11) is -2.06. The van der Waals surface area contributed by atoms with Crippen LogP contribution in [0.3, 0.4) is 0 Å². The van der Waals surface area contributed by atoms with E-state index in [-0.39, 0.29) is 42.3 Å². The van der Waals surface area contributed by atoms with Crippen LogP contribution in [0.5, 0.6) is 0 Å². The van der Waals surface area contributed by atoms with Gasteiger partial charge in [-0.3, -0.25) is 9.59 Å². The van der Waals surface area contributed by atoms with Gasteiger partial charge >= 0.3 is 0 Å². The summed E-state index contributed by atoms with van der Waals surface area (Å²) in [5.41, 5.74) is 0.977. The Labute approximate surface area is 161 Å². The van der Waals surface area contributed by atoms with E-state index in [1.165, 1.54) is 9.21 Å². The average Bonchev–Trinajstić information content (AvgIpc) is 2.63. The molecule has 2 aliphatic rings. The van der Waals surface area contributed by atoms with Crippen molar-refractivity contribution in [2.45, 2.75) is 44.2 Å². The summed E-state index contributed by atoms with van der Waals surface area (Å²) in [5.74, 6) is 0.0150. The smallest absolute Gasteiger partial charge is 0.247 e. The Morgan fingerprint density at radius 1 is 1.07 bits per heavy atom. The summed E-state index contributed by atoms with van der Waals surface area (Å²) in [6, 6.07) is 5.45. The van der Waals surface area contributed by atoms with Crippen LogP contribution in [0.2, 0.25) is 0 Å². The van der Waals surface area contributed by atoms with Crippen molar-refractivity contribution in [1.29, 1.82) is 0 Å². The molecular weight excluding hydrogens is 366 g/mol. The highest BCUT2D eigenvalue weighted by molar-refractivity contribution is 7.89. The lowest BCUT2D eigenvalue weighted by Crippen LogP contribution is -2.69. The molecule has 0 spiro atoms. The van der Waals surface area contributed by atoms with E-state index in [1.54, 1.807) is 36.2 Å². The molecule has 2 saturated heterocycles. The van der Waals surface area contributed by atoms with Crippen molar-refractivity contribution in [2.75, 3.05) is 26.7 Å². The van der Waals surface area contributed by atoms with Gasteiger partial charge in [-0.15, -0.1) is 0 Å². The van der Waals surface area contributed by atoms with Gasteiger partial charge in [0.25, 0.3) is 0 Å². The fourth-order valence-corrected chi connectivity index (χ4v) is 5.20. The quantitative estimate of drug-likeness (QED) is 0.767. The van der Waals surface area contributed by atoms with Crippen LogP contribution in [0.15, 0.2) is 29.2 Å². The van der Waals surface area contributed by atoms with Gasteiger partial charge in [-0.2, -0.15) is 4.31 Å². The number of fused-ring (bicyclic) bond motifs is 1. The van der Waals surface area contributed by atoms with Crippen LogP contribution in [0.4, 0.5) is 0 Å². The Morgan fingerprint density at radius 3 is 2.30 bits per heavy atom.